The number of aromatic nitrogens is 2. The Labute approximate surface area is 108 Å². The molecular formula is C12H10Cl2N2O. The van der Waals surface area contributed by atoms with Gasteiger partial charge in [-0.2, -0.15) is 0 Å². The smallest absolute Gasteiger partial charge is 0.254 e. The van der Waals surface area contributed by atoms with E-state index >= 15 is 0 Å². The fourth-order valence-electron chi connectivity index (χ4n) is 1.67. The van der Waals surface area contributed by atoms with Crippen LogP contribution < -0.4 is 5.56 Å². The predicted molar refractivity (Wildman–Crippen MR) is 69.7 cm³/mol. The number of rotatable bonds is 2. The highest BCUT2D eigenvalue weighted by molar-refractivity contribution is 6.36. The fraction of sp³-hybridized carbons (Fsp3) is 0.167. The molecule has 0 fully saturated rings. The molecule has 0 radical (unpaired) electrons. The van der Waals surface area contributed by atoms with Crippen molar-refractivity contribution in [3.63, 3.8) is 0 Å². The van der Waals surface area contributed by atoms with Crippen LogP contribution in [-0.2, 0) is 6.42 Å². The van der Waals surface area contributed by atoms with Crippen LogP contribution in [0.5, 0.6) is 0 Å². The maximum atomic E-state index is 11.7. The van der Waals surface area contributed by atoms with Gasteiger partial charge >= 0.3 is 0 Å². The maximum absolute atomic E-state index is 11.7. The normalized spacial score (nSPS) is 10.5. The summed E-state index contributed by atoms with van der Waals surface area (Å²) in [5, 5.41) is 1.05. The van der Waals surface area contributed by atoms with Gasteiger partial charge in [-0.05, 0) is 24.6 Å². The zero-order valence-electron chi connectivity index (χ0n) is 9.13. The SMILES string of the molecule is CCc1c(-c2ccc(Cl)cc2Cl)nc[nH]c1=O. The van der Waals surface area contributed by atoms with Crippen LogP contribution in [0, 0.1) is 0 Å². The zero-order valence-corrected chi connectivity index (χ0v) is 10.6. The molecule has 2 rings (SSSR count). The Morgan fingerprint density at radius 2 is 2.12 bits per heavy atom. The van der Waals surface area contributed by atoms with Crippen LogP contribution in [0.1, 0.15) is 12.5 Å². The number of hydrogen-bond acceptors (Lipinski definition) is 2. The van der Waals surface area contributed by atoms with Crippen LogP contribution in [0.15, 0.2) is 29.3 Å². The van der Waals surface area contributed by atoms with Crippen LogP contribution >= 0.6 is 23.2 Å². The van der Waals surface area contributed by atoms with Gasteiger partial charge in [-0.1, -0.05) is 30.1 Å². The minimum atomic E-state index is -0.136. The molecule has 0 aliphatic carbocycles. The summed E-state index contributed by atoms with van der Waals surface area (Å²) in [6.07, 6.45) is 1.97. The second kappa shape index (κ2) is 4.90. The van der Waals surface area contributed by atoms with E-state index in [4.69, 9.17) is 23.2 Å². The van der Waals surface area contributed by atoms with Crippen molar-refractivity contribution in [1.82, 2.24) is 9.97 Å². The molecule has 1 aromatic carbocycles. The summed E-state index contributed by atoms with van der Waals surface area (Å²) in [5.74, 6) is 0. The molecule has 0 unspecified atom stereocenters. The van der Waals surface area contributed by atoms with Crippen molar-refractivity contribution in [2.24, 2.45) is 0 Å². The van der Waals surface area contributed by atoms with Crippen molar-refractivity contribution in [2.75, 3.05) is 0 Å². The maximum Gasteiger partial charge on any atom is 0.254 e. The summed E-state index contributed by atoms with van der Waals surface area (Å²) in [4.78, 5) is 18.4. The van der Waals surface area contributed by atoms with E-state index in [1.54, 1.807) is 18.2 Å². The van der Waals surface area contributed by atoms with Gasteiger partial charge in [0.15, 0.2) is 0 Å². The zero-order chi connectivity index (χ0) is 12.4. The monoisotopic (exact) mass is 268 g/mol. The molecule has 0 saturated heterocycles. The van der Waals surface area contributed by atoms with Crippen LogP contribution in [0.2, 0.25) is 10.0 Å². The average Bonchev–Trinajstić information content (AvgIpc) is 2.29. The Balaban J connectivity index is 2.68. The van der Waals surface area contributed by atoms with Gasteiger partial charge in [-0.25, -0.2) is 4.98 Å². The fourth-order valence-corrected chi connectivity index (χ4v) is 2.17. The van der Waals surface area contributed by atoms with Crippen LogP contribution in [0.4, 0.5) is 0 Å². The minimum absolute atomic E-state index is 0.136. The number of aromatic amines is 1. The molecule has 0 saturated carbocycles. The van der Waals surface area contributed by atoms with Gasteiger partial charge in [0.2, 0.25) is 0 Å². The summed E-state index contributed by atoms with van der Waals surface area (Å²) in [6.45, 7) is 1.90. The molecule has 1 N–H and O–H groups in total. The molecule has 0 spiro atoms. The largest absolute Gasteiger partial charge is 0.313 e. The van der Waals surface area contributed by atoms with Crippen molar-refractivity contribution < 1.29 is 0 Å². The molecule has 3 nitrogen and oxygen atoms in total. The minimum Gasteiger partial charge on any atom is -0.313 e. The van der Waals surface area contributed by atoms with Gasteiger partial charge < -0.3 is 4.98 Å². The van der Waals surface area contributed by atoms with Crippen LogP contribution in [0.3, 0.4) is 0 Å². The van der Waals surface area contributed by atoms with E-state index < -0.39 is 0 Å². The van der Waals surface area contributed by atoms with E-state index in [0.29, 0.717) is 27.7 Å². The highest BCUT2D eigenvalue weighted by Gasteiger charge is 2.12. The molecule has 1 aromatic heterocycles. The van der Waals surface area contributed by atoms with Gasteiger partial charge in [0.25, 0.3) is 5.56 Å². The molecule has 0 atom stereocenters. The third-order valence-electron chi connectivity index (χ3n) is 2.49. The van der Waals surface area contributed by atoms with E-state index in [1.165, 1.54) is 6.33 Å². The summed E-state index contributed by atoms with van der Waals surface area (Å²) in [5.41, 5.74) is 1.82. The predicted octanol–water partition coefficient (Wildman–Crippen LogP) is 3.31. The third kappa shape index (κ3) is 2.35. The topological polar surface area (TPSA) is 45.8 Å². The first-order chi connectivity index (χ1) is 8.13. The quantitative estimate of drug-likeness (QED) is 0.909. The molecule has 0 aliphatic rings. The molecule has 1 heterocycles. The molecule has 2 aromatic rings. The van der Waals surface area contributed by atoms with Crippen molar-refractivity contribution in [1.29, 1.82) is 0 Å². The molecule has 0 bridgehead atoms. The first-order valence-electron chi connectivity index (χ1n) is 5.15. The van der Waals surface area contributed by atoms with Crippen LogP contribution in [-0.4, -0.2) is 9.97 Å². The first kappa shape index (κ1) is 12.1. The molecule has 17 heavy (non-hydrogen) atoms. The van der Waals surface area contributed by atoms with Gasteiger partial charge in [0.1, 0.15) is 0 Å². The van der Waals surface area contributed by atoms with Crippen LogP contribution in [0.25, 0.3) is 11.3 Å². The molecule has 0 amide bonds. The van der Waals surface area contributed by atoms with Crippen molar-refractivity contribution in [3.05, 3.63) is 50.5 Å². The standard InChI is InChI=1S/C12H10Cl2N2O/c1-2-8-11(15-6-16-12(8)17)9-4-3-7(13)5-10(9)14/h3-6H,2H2,1H3,(H,15,16,17). The van der Waals surface area contributed by atoms with Crippen molar-refractivity contribution >= 4 is 23.2 Å². The second-order valence-electron chi connectivity index (χ2n) is 3.54. The summed E-state index contributed by atoms with van der Waals surface area (Å²) < 4.78 is 0. The number of nitrogens with one attached hydrogen (secondary N) is 1. The lowest BCUT2D eigenvalue weighted by Gasteiger charge is -2.07. The summed E-state index contributed by atoms with van der Waals surface area (Å²) >= 11 is 11.9. The number of hydrogen-bond donors (Lipinski definition) is 1. The Hall–Kier alpha value is -1.32. The average molecular weight is 269 g/mol. The molecule has 5 heteroatoms. The van der Waals surface area contributed by atoms with Gasteiger partial charge in [-0.3, -0.25) is 4.79 Å². The van der Waals surface area contributed by atoms with Gasteiger partial charge in [0.05, 0.1) is 17.0 Å². The summed E-state index contributed by atoms with van der Waals surface area (Å²) in [7, 11) is 0. The van der Waals surface area contributed by atoms with Gasteiger partial charge in [-0.15, -0.1) is 0 Å². The highest BCUT2D eigenvalue weighted by Crippen LogP contribution is 2.29. The number of nitrogens with zero attached hydrogens (tertiary/aromatic N) is 1. The molecular weight excluding hydrogens is 259 g/mol. The van der Waals surface area contributed by atoms with Crippen molar-refractivity contribution in [2.45, 2.75) is 13.3 Å². The first-order valence-corrected chi connectivity index (χ1v) is 5.91. The summed E-state index contributed by atoms with van der Waals surface area (Å²) in [6, 6.07) is 5.14. The lowest BCUT2D eigenvalue weighted by atomic mass is 10.1. The Morgan fingerprint density at radius 1 is 1.35 bits per heavy atom. The van der Waals surface area contributed by atoms with Crippen molar-refractivity contribution in [3.8, 4) is 11.3 Å². The highest BCUT2D eigenvalue weighted by atomic mass is 35.5. The number of halogens is 2. The second-order valence-corrected chi connectivity index (χ2v) is 4.38. The number of H-pyrrole nitrogens is 1. The molecule has 0 aliphatic heterocycles. The van der Waals surface area contributed by atoms with E-state index in [-0.39, 0.29) is 5.56 Å². The van der Waals surface area contributed by atoms with E-state index in [0.717, 1.165) is 5.56 Å². The van der Waals surface area contributed by atoms with E-state index in [2.05, 4.69) is 9.97 Å². The Bertz CT molecular complexity index is 608. The lowest BCUT2D eigenvalue weighted by Crippen LogP contribution is -2.14. The third-order valence-corrected chi connectivity index (χ3v) is 3.04. The van der Waals surface area contributed by atoms with E-state index in [9.17, 15) is 4.79 Å². The lowest BCUT2D eigenvalue weighted by molar-refractivity contribution is 1.01. The Morgan fingerprint density at radius 3 is 2.76 bits per heavy atom. The Kier molecular flexibility index (Phi) is 3.50. The number of benzene rings is 1. The molecule has 88 valence electrons. The van der Waals surface area contributed by atoms with E-state index in [1.807, 2.05) is 6.92 Å². The van der Waals surface area contributed by atoms with Gasteiger partial charge in [0, 0.05) is 16.1 Å².